The minimum Gasteiger partial charge on any atom is -0.490 e. The van der Waals surface area contributed by atoms with Crippen LogP contribution in [0.25, 0.3) is 0 Å². The smallest absolute Gasteiger partial charge is 0.255 e. The molecule has 3 aromatic carbocycles. The molecule has 132 valence electrons. The molecule has 0 atom stereocenters. The van der Waals surface area contributed by atoms with Crippen molar-refractivity contribution in [3.63, 3.8) is 0 Å². The second-order valence-corrected chi connectivity index (χ2v) is 5.50. The maximum atomic E-state index is 12.9. The Kier molecular flexibility index (Phi) is 5.83. The fraction of sp³-hybridized carbons (Fsp3) is 0.0952. The highest BCUT2D eigenvalue weighted by molar-refractivity contribution is 6.04. The fourth-order valence-corrected chi connectivity index (χ4v) is 2.27. The van der Waals surface area contributed by atoms with Gasteiger partial charge in [0.1, 0.15) is 30.5 Å². The molecule has 0 aliphatic rings. The van der Waals surface area contributed by atoms with Gasteiger partial charge in [-0.05, 0) is 60.7 Å². The molecular weight excluding hydrogens is 333 g/mol. The Balaban J connectivity index is 1.45. The van der Waals surface area contributed by atoms with E-state index >= 15 is 0 Å². The zero-order valence-corrected chi connectivity index (χ0v) is 14.0. The van der Waals surface area contributed by atoms with Gasteiger partial charge >= 0.3 is 0 Å². The van der Waals surface area contributed by atoms with Gasteiger partial charge < -0.3 is 14.8 Å². The molecule has 3 aromatic rings. The number of para-hydroxylation sites is 1. The first-order valence-corrected chi connectivity index (χ1v) is 8.18. The van der Waals surface area contributed by atoms with E-state index in [1.165, 1.54) is 24.3 Å². The molecule has 3 rings (SSSR count). The summed E-state index contributed by atoms with van der Waals surface area (Å²) in [6.45, 7) is 0.850. The number of hydrogen-bond acceptors (Lipinski definition) is 3. The lowest BCUT2D eigenvalue weighted by Crippen LogP contribution is -2.12. The first-order valence-electron chi connectivity index (χ1n) is 8.18. The number of carbonyl (C=O) groups is 1. The molecule has 1 N–H and O–H groups in total. The van der Waals surface area contributed by atoms with Gasteiger partial charge in [0.2, 0.25) is 0 Å². The van der Waals surface area contributed by atoms with Crippen LogP contribution >= 0.6 is 0 Å². The summed E-state index contributed by atoms with van der Waals surface area (Å²) in [5.41, 5.74) is 1.02. The van der Waals surface area contributed by atoms with E-state index in [-0.39, 0.29) is 11.7 Å². The summed E-state index contributed by atoms with van der Waals surface area (Å²) in [6, 6.07) is 21.9. The van der Waals surface area contributed by atoms with Crippen LogP contribution < -0.4 is 14.8 Å². The quantitative estimate of drug-likeness (QED) is 0.636. The number of benzene rings is 3. The van der Waals surface area contributed by atoms with Crippen molar-refractivity contribution in [3.05, 3.63) is 90.2 Å². The van der Waals surface area contributed by atoms with Crippen LogP contribution in [0.5, 0.6) is 11.5 Å². The molecule has 5 heteroatoms. The van der Waals surface area contributed by atoms with Crippen LogP contribution in [0.3, 0.4) is 0 Å². The lowest BCUT2D eigenvalue weighted by Gasteiger charge is -2.09. The molecule has 0 saturated heterocycles. The summed E-state index contributed by atoms with van der Waals surface area (Å²) in [5.74, 6) is 0.811. The normalized spacial score (nSPS) is 10.2. The minimum absolute atomic E-state index is 0.296. The predicted octanol–water partition coefficient (Wildman–Crippen LogP) is 4.54. The number of rotatable bonds is 7. The molecule has 0 heterocycles. The molecule has 4 nitrogen and oxygen atoms in total. The van der Waals surface area contributed by atoms with Crippen molar-refractivity contribution >= 4 is 11.6 Å². The Morgan fingerprint density at radius 3 is 1.96 bits per heavy atom. The predicted molar refractivity (Wildman–Crippen MR) is 98.2 cm³/mol. The highest BCUT2D eigenvalue weighted by atomic mass is 19.1. The summed E-state index contributed by atoms with van der Waals surface area (Å²) >= 11 is 0. The van der Waals surface area contributed by atoms with Crippen LogP contribution in [0.2, 0.25) is 0 Å². The third-order valence-corrected chi connectivity index (χ3v) is 3.58. The van der Waals surface area contributed by atoms with Crippen molar-refractivity contribution in [2.24, 2.45) is 0 Å². The molecule has 0 saturated carbocycles. The second kappa shape index (κ2) is 8.67. The number of amides is 1. The van der Waals surface area contributed by atoms with Gasteiger partial charge in [0, 0.05) is 11.3 Å². The van der Waals surface area contributed by atoms with E-state index in [9.17, 15) is 9.18 Å². The van der Waals surface area contributed by atoms with Crippen LogP contribution in [0, 0.1) is 5.82 Å². The van der Waals surface area contributed by atoms with Gasteiger partial charge in [-0.1, -0.05) is 18.2 Å². The molecule has 1 amide bonds. The number of anilines is 1. The summed E-state index contributed by atoms with van der Waals surface area (Å²) in [7, 11) is 0. The topological polar surface area (TPSA) is 47.6 Å². The maximum absolute atomic E-state index is 12.9. The Hall–Kier alpha value is -3.34. The van der Waals surface area contributed by atoms with Crippen LogP contribution in [-0.2, 0) is 0 Å². The average Bonchev–Trinajstić information content (AvgIpc) is 2.68. The van der Waals surface area contributed by atoms with Gasteiger partial charge in [0.15, 0.2) is 0 Å². The van der Waals surface area contributed by atoms with E-state index in [1.54, 1.807) is 24.3 Å². The number of carbonyl (C=O) groups excluding carboxylic acids is 1. The highest BCUT2D eigenvalue weighted by Gasteiger charge is 2.06. The average molecular weight is 351 g/mol. The monoisotopic (exact) mass is 351 g/mol. The zero-order valence-electron chi connectivity index (χ0n) is 14.0. The second-order valence-electron chi connectivity index (χ2n) is 5.50. The molecule has 0 bridgehead atoms. The van der Waals surface area contributed by atoms with Gasteiger partial charge in [-0.2, -0.15) is 0 Å². The van der Waals surface area contributed by atoms with Crippen LogP contribution in [0.1, 0.15) is 10.4 Å². The molecule has 0 radical (unpaired) electrons. The summed E-state index contributed by atoms with van der Waals surface area (Å²) < 4.78 is 24.0. The Morgan fingerprint density at radius 2 is 1.35 bits per heavy atom. The Bertz CT molecular complexity index is 833. The van der Waals surface area contributed by atoms with Gasteiger partial charge in [-0.25, -0.2) is 4.39 Å². The summed E-state index contributed by atoms with van der Waals surface area (Å²) in [4.78, 5) is 12.1. The standard InChI is InChI=1S/C21H18FNO3/c22-17-8-6-16(7-9-17)21(24)23-18-10-12-20(13-11-18)26-15-14-25-19-4-2-1-3-5-19/h1-13H,14-15H2,(H,23,24). The SMILES string of the molecule is O=C(Nc1ccc(OCCOc2ccccc2)cc1)c1ccc(F)cc1. The van der Waals surface area contributed by atoms with Gasteiger partial charge in [-0.3, -0.25) is 4.79 Å². The fourth-order valence-electron chi connectivity index (χ4n) is 2.27. The molecular formula is C21H18FNO3. The summed E-state index contributed by atoms with van der Waals surface area (Å²) in [6.07, 6.45) is 0. The first kappa shape index (κ1) is 17.5. The minimum atomic E-state index is -0.376. The lowest BCUT2D eigenvalue weighted by molar-refractivity contribution is 0.102. The molecule has 0 spiro atoms. The third-order valence-electron chi connectivity index (χ3n) is 3.58. The van der Waals surface area contributed by atoms with Crippen LogP contribution in [-0.4, -0.2) is 19.1 Å². The van der Waals surface area contributed by atoms with E-state index < -0.39 is 0 Å². The van der Waals surface area contributed by atoms with Gasteiger partial charge in [0.25, 0.3) is 5.91 Å². The molecule has 0 aliphatic heterocycles. The molecule has 0 unspecified atom stereocenters. The van der Waals surface area contributed by atoms with Crippen molar-refractivity contribution in [1.29, 1.82) is 0 Å². The maximum Gasteiger partial charge on any atom is 0.255 e. The number of nitrogens with one attached hydrogen (secondary N) is 1. The first-order chi connectivity index (χ1) is 12.7. The number of ether oxygens (including phenoxy) is 2. The van der Waals surface area contributed by atoms with Gasteiger partial charge in [-0.15, -0.1) is 0 Å². The molecule has 26 heavy (non-hydrogen) atoms. The third kappa shape index (κ3) is 5.08. The van der Waals surface area contributed by atoms with E-state index in [1.807, 2.05) is 30.3 Å². The van der Waals surface area contributed by atoms with E-state index in [0.717, 1.165) is 5.75 Å². The highest BCUT2D eigenvalue weighted by Crippen LogP contribution is 2.17. The Morgan fingerprint density at radius 1 is 0.769 bits per heavy atom. The largest absolute Gasteiger partial charge is 0.490 e. The lowest BCUT2D eigenvalue weighted by atomic mass is 10.2. The van der Waals surface area contributed by atoms with E-state index in [2.05, 4.69) is 5.32 Å². The number of hydrogen-bond donors (Lipinski definition) is 1. The molecule has 0 aliphatic carbocycles. The Labute approximate surface area is 151 Å². The van der Waals surface area contributed by atoms with Crippen molar-refractivity contribution in [1.82, 2.24) is 0 Å². The summed E-state index contributed by atoms with van der Waals surface area (Å²) in [5, 5.41) is 2.75. The van der Waals surface area contributed by atoms with Crippen LogP contribution in [0.15, 0.2) is 78.9 Å². The van der Waals surface area contributed by atoms with Crippen molar-refractivity contribution in [2.45, 2.75) is 0 Å². The molecule has 0 fully saturated rings. The van der Waals surface area contributed by atoms with Crippen molar-refractivity contribution < 1.29 is 18.7 Å². The van der Waals surface area contributed by atoms with E-state index in [4.69, 9.17) is 9.47 Å². The van der Waals surface area contributed by atoms with Crippen molar-refractivity contribution in [2.75, 3.05) is 18.5 Å². The van der Waals surface area contributed by atoms with Crippen molar-refractivity contribution in [3.8, 4) is 11.5 Å². The van der Waals surface area contributed by atoms with Gasteiger partial charge in [0.05, 0.1) is 0 Å². The van der Waals surface area contributed by atoms with E-state index in [0.29, 0.717) is 30.2 Å². The number of halogens is 1. The molecule has 0 aromatic heterocycles. The zero-order chi connectivity index (χ0) is 18.2. The van der Waals surface area contributed by atoms with Crippen LogP contribution in [0.4, 0.5) is 10.1 Å².